The number of nitrogens with one attached hydrogen (secondary N) is 1. The SMILES string of the molecule is CCNC(C)(CO)CCSc1ccc2c(c1)OCCO2. The van der Waals surface area contributed by atoms with Crippen LogP contribution in [0.3, 0.4) is 0 Å². The minimum Gasteiger partial charge on any atom is -0.486 e. The Balaban J connectivity index is 1.88. The number of likely N-dealkylation sites (N-methyl/N-ethyl adjacent to an activating group) is 1. The highest BCUT2D eigenvalue weighted by atomic mass is 32.2. The second kappa shape index (κ2) is 7.20. The highest BCUT2D eigenvalue weighted by molar-refractivity contribution is 7.99. The molecule has 1 aromatic rings. The molecule has 1 heterocycles. The van der Waals surface area contributed by atoms with Crippen LogP contribution in [0.4, 0.5) is 0 Å². The molecule has 0 saturated heterocycles. The van der Waals surface area contributed by atoms with Crippen molar-refractivity contribution in [1.82, 2.24) is 5.32 Å². The summed E-state index contributed by atoms with van der Waals surface area (Å²) in [5.74, 6) is 2.61. The van der Waals surface area contributed by atoms with E-state index in [1.54, 1.807) is 11.8 Å². The lowest BCUT2D eigenvalue weighted by molar-refractivity contribution is 0.171. The summed E-state index contributed by atoms with van der Waals surface area (Å²) in [6.07, 6.45) is 0.913. The fourth-order valence-corrected chi connectivity index (χ4v) is 3.30. The van der Waals surface area contributed by atoms with Crippen LogP contribution in [-0.4, -0.2) is 42.8 Å². The molecule has 4 nitrogen and oxygen atoms in total. The number of rotatable bonds is 7. The highest BCUT2D eigenvalue weighted by Crippen LogP contribution is 2.34. The second-order valence-electron chi connectivity index (χ2n) is 5.15. The summed E-state index contributed by atoms with van der Waals surface area (Å²) in [5.41, 5.74) is -0.199. The molecular formula is C15H23NO3S. The maximum absolute atomic E-state index is 9.46. The molecule has 0 aromatic heterocycles. The highest BCUT2D eigenvalue weighted by Gasteiger charge is 2.21. The van der Waals surface area contributed by atoms with Gasteiger partial charge in [0, 0.05) is 10.4 Å². The largest absolute Gasteiger partial charge is 0.486 e. The number of hydrogen-bond acceptors (Lipinski definition) is 5. The van der Waals surface area contributed by atoms with Crippen LogP contribution in [0, 0.1) is 0 Å². The predicted molar refractivity (Wildman–Crippen MR) is 81.9 cm³/mol. The van der Waals surface area contributed by atoms with E-state index in [1.807, 2.05) is 12.1 Å². The Morgan fingerprint density at radius 1 is 1.30 bits per heavy atom. The zero-order valence-corrected chi connectivity index (χ0v) is 13.0. The van der Waals surface area contributed by atoms with Gasteiger partial charge in [0.25, 0.3) is 0 Å². The molecule has 20 heavy (non-hydrogen) atoms. The van der Waals surface area contributed by atoms with Crippen molar-refractivity contribution < 1.29 is 14.6 Å². The molecule has 0 spiro atoms. The van der Waals surface area contributed by atoms with Gasteiger partial charge in [-0.3, -0.25) is 0 Å². The summed E-state index contributed by atoms with van der Waals surface area (Å²) in [6, 6.07) is 6.05. The van der Waals surface area contributed by atoms with Gasteiger partial charge in [-0.1, -0.05) is 6.92 Å². The van der Waals surface area contributed by atoms with Crippen molar-refractivity contribution in [2.75, 3.05) is 32.1 Å². The van der Waals surface area contributed by atoms with E-state index in [0.29, 0.717) is 13.2 Å². The molecule has 1 atom stereocenters. The van der Waals surface area contributed by atoms with Crippen molar-refractivity contribution in [2.24, 2.45) is 0 Å². The van der Waals surface area contributed by atoms with Crippen molar-refractivity contribution in [2.45, 2.75) is 30.7 Å². The average molecular weight is 297 g/mol. The lowest BCUT2D eigenvalue weighted by atomic mass is 10.0. The first-order valence-electron chi connectivity index (χ1n) is 7.05. The standard InChI is InChI=1S/C15H23NO3S/c1-3-16-15(2,11-17)6-9-20-12-4-5-13-14(10-12)19-8-7-18-13/h4-5,10,16-17H,3,6-9,11H2,1-2H3. The van der Waals surface area contributed by atoms with Crippen LogP contribution in [0.5, 0.6) is 11.5 Å². The van der Waals surface area contributed by atoms with Crippen molar-refractivity contribution >= 4 is 11.8 Å². The number of aliphatic hydroxyl groups is 1. The van der Waals surface area contributed by atoms with Crippen LogP contribution < -0.4 is 14.8 Å². The van der Waals surface area contributed by atoms with Crippen LogP contribution in [0.2, 0.25) is 0 Å². The van der Waals surface area contributed by atoms with Crippen LogP contribution in [0.15, 0.2) is 23.1 Å². The van der Waals surface area contributed by atoms with Crippen molar-refractivity contribution in [1.29, 1.82) is 0 Å². The fraction of sp³-hybridized carbons (Fsp3) is 0.600. The number of thioether (sulfide) groups is 1. The molecule has 5 heteroatoms. The maximum Gasteiger partial charge on any atom is 0.162 e. The number of aliphatic hydroxyl groups excluding tert-OH is 1. The van der Waals surface area contributed by atoms with Crippen molar-refractivity contribution in [3.63, 3.8) is 0 Å². The molecule has 112 valence electrons. The minimum absolute atomic E-state index is 0.155. The van der Waals surface area contributed by atoms with Gasteiger partial charge in [-0.2, -0.15) is 0 Å². The molecule has 2 rings (SSSR count). The molecule has 1 aliphatic rings. The molecule has 1 unspecified atom stereocenters. The topological polar surface area (TPSA) is 50.7 Å². The van der Waals surface area contributed by atoms with Gasteiger partial charge < -0.3 is 19.9 Å². The van der Waals surface area contributed by atoms with Gasteiger partial charge in [-0.05, 0) is 43.8 Å². The second-order valence-corrected chi connectivity index (χ2v) is 6.32. The van der Waals surface area contributed by atoms with E-state index < -0.39 is 0 Å². The molecule has 0 bridgehead atoms. The van der Waals surface area contributed by atoms with Crippen LogP contribution in [0.25, 0.3) is 0 Å². The van der Waals surface area contributed by atoms with Gasteiger partial charge in [0.1, 0.15) is 13.2 Å². The van der Waals surface area contributed by atoms with Crippen molar-refractivity contribution in [3.8, 4) is 11.5 Å². The Kier molecular flexibility index (Phi) is 5.57. The molecule has 0 amide bonds. The predicted octanol–water partition coefficient (Wildman–Crippen LogP) is 2.30. The molecule has 1 aliphatic heterocycles. The Hall–Kier alpha value is -0.910. The molecule has 0 aliphatic carbocycles. The van der Waals surface area contributed by atoms with E-state index in [2.05, 4.69) is 25.2 Å². The maximum atomic E-state index is 9.46. The Labute approximate surface area is 124 Å². The smallest absolute Gasteiger partial charge is 0.162 e. The summed E-state index contributed by atoms with van der Waals surface area (Å²) in [4.78, 5) is 1.17. The number of benzene rings is 1. The van der Waals surface area contributed by atoms with E-state index in [1.165, 1.54) is 4.90 Å². The molecule has 2 N–H and O–H groups in total. The third kappa shape index (κ3) is 4.04. The zero-order chi connectivity index (χ0) is 14.4. The lowest BCUT2D eigenvalue weighted by Gasteiger charge is -2.28. The minimum atomic E-state index is -0.199. The van der Waals surface area contributed by atoms with Crippen LogP contribution in [-0.2, 0) is 0 Å². The van der Waals surface area contributed by atoms with Gasteiger partial charge in [0.2, 0.25) is 0 Å². The van der Waals surface area contributed by atoms with Gasteiger partial charge in [0.15, 0.2) is 11.5 Å². The van der Waals surface area contributed by atoms with Crippen LogP contribution in [0.1, 0.15) is 20.3 Å². The summed E-state index contributed by atoms with van der Waals surface area (Å²) in [6.45, 7) is 6.37. The third-order valence-electron chi connectivity index (χ3n) is 3.39. The first-order chi connectivity index (χ1) is 9.67. The van der Waals surface area contributed by atoms with Crippen LogP contribution >= 0.6 is 11.8 Å². The first kappa shape index (κ1) is 15.5. The van der Waals surface area contributed by atoms with Gasteiger partial charge >= 0.3 is 0 Å². The normalized spacial score (nSPS) is 16.8. The fourth-order valence-electron chi connectivity index (χ4n) is 2.16. The molecule has 0 fully saturated rings. The summed E-state index contributed by atoms with van der Waals surface area (Å²) < 4.78 is 11.1. The van der Waals surface area contributed by atoms with Gasteiger partial charge in [-0.25, -0.2) is 0 Å². The van der Waals surface area contributed by atoms with Gasteiger partial charge in [0.05, 0.1) is 6.61 Å². The monoisotopic (exact) mass is 297 g/mol. The number of fused-ring (bicyclic) bond motifs is 1. The Morgan fingerprint density at radius 3 is 2.75 bits per heavy atom. The van der Waals surface area contributed by atoms with Crippen molar-refractivity contribution in [3.05, 3.63) is 18.2 Å². The Bertz CT molecular complexity index is 441. The molecule has 1 aromatic carbocycles. The lowest BCUT2D eigenvalue weighted by Crippen LogP contribution is -2.46. The van der Waals surface area contributed by atoms with E-state index >= 15 is 0 Å². The molecular weight excluding hydrogens is 274 g/mol. The van der Waals surface area contributed by atoms with E-state index in [0.717, 1.165) is 30.2 Å². The number of hydrogen-bond donors (Lipinski definition) is 2. The summed E-state index contributed by atoms with van der Waals surface area (Å²) in [5, 5.41) is 12.8. The number of ether oxygens (including phenoxy) is 2. The van der Waals surface area contributed by atoms with E-state index in [4.69, 9.17) is 9.47 Å². The molecule has 0 radical (unpaired) electrons. The van der Waals surface area contributed by atoms with E-state index in [-0.39, 0.29) is 12.1 Å². The Morgan fingerprint density at radius 2 is 2.05 bits per heavy atom. The summed E-state index contributed by atoms with van der Waals surface area (Å²) >= 11 is 1.77. The quantitative estimate of drug-likeness (QED) is 0.756. The average Bonchev–Trinajstić information content (AvgIpc) is 2.47. The van der Waals surface area contributed by atoms with Gasteiger partial charge in [-0.15, -0.1) is 11.8 Å². The van der Waals surface area contributed by atoms with E-state index in [9.17, 15) is 5.11 Å². The summed E-state index contributed by atoms with van der Waals surface area (Å²) in [7, 11) is 0. The zero-order valence-electron chi connectivity index (χ0n) is 12.1. The molecule has 0 saturated carbocycles. The first-order valence-corrected chi connectivity index (χ1v) is 8.04. The third-order valence-corrected chi connectivity index (χ3v) is 4.38.